The van der Waals surface area contributed by atoms with E-state index < -0.39 is 16.9 Å². The van der Waals surface area contributed by atoms with Gasteiger partial charge in [0.1, 0.15) is 22.5 Å². The third-order valence-corrected chi connectivity index (χ3v) is 4.36. The number of benzene rings is 2. The first-order valence-corrected chi connectivity index (χ1v) is 8.49. The van der Waals surface area contributed by atoms with Gasteiger partial charge in [-0.3, -0.25) is 4.79 Å². The van der Waals surface area contributed by atoms with Crippen molar-refractivity contribution in [3.8, 4) is 40.1 Å². The molecule has 0 atom stereocenters. The largest absolute Gasteiger partial charge is 0.507 e. The highest BCUT2D eigenvalue weighted by Crippen LogP contribution is 2.40. The molecule has 28 heavy (non-hydrogen) atoms. The van der Waals surface area contributed by atoms with E-state index >= 15 is 0 Å². The topological polar surface area (TPSA) is 120 Å². The van der Waals surface area contributed by atoms with Crippen LogP contribution in [-0.2, 0) is 6.42 Å². The van der Waals surface area contributed by atoms with E-state index in [1.165, 1.54) is 25.3 Å². The summed E-state index contributed by atoms with van der Waals surface area (Å²) in [5.41, 5.74) is 0.713. The summed E-state index contributed by atoms with van der Waals surface area (Å²) in [5, 5.41) is 40.3. The lowest BCUT2D eigenvalue weighted by Gasteiger charge is -2.12. The zero-order valence-electron chi connectivity index (χ0n) is 15.6. The molecule has 0 radical (unpaired) electrons. The molecule has 2 aromatic carbocycles. The first-order chi connectivity index (χ1) is 13.2. The van der Waals surface area contributed by atoms with Gasteiger partial charge in [-0.2, -0.15) is 0 Å². The van der Waals surface area contributed by atoms with Crippen LogP contribution < -0.4 is 10.2 Å². The smallest absolute Gasteiger partial charge is 0.238 e. The van der Waals surface area contributed by atoms with Crippen LogP contribution in [0.3, 0.4) is 0 Å². The molecule has 0 amide bonds. The molecule has 3 aromatic rings. The van der Waals surface area contributed by atoms with Crippen LogP contribution in [0.15, 0.2) is 45.1 Å². The maximum Gasteiger partial charge on any atom is 0.238 e. The van der Waals surface area contributed by atoms with Gasteiger partial charge < -0.3 is 29.6 Å². The second-order valence-electron chi connectivity index (χ2n) is 6.58. The lowest BCUT2D eigenvalue weighted by Crippen LogP contribution is -2.05. The number of ether oxygens (including phenoxy) is 1. The highest BCUT2D eigenvalue weighted by Gasteiger charge is 2.22. The summed E-state index contributed by atoms with van der Waals surface area (Å²) in [6.07, 6.45) is 2.10. The summed E-state index contributed by atoms with van der Waals surface area (Å²) in [5.74, 6) is -1.58. The van der Waals surface area contributed by atoms with Gasteiger partial charge in [-0.15, -0.1) is 0 Å². The van der Waals surface area contributed by atoms with Gasteiger partial charge in [-0.25, -0.2) is 0 Å². The molecule has 0 saturated carbocycles. The normalized spacial score (nSPS) is 10.8. The molecular formula is C21H20O7. The van der Waals surface area contributed by atoms with Crippen molar-refractivity contribution in [2.75, 3.05) is 7.11 Å². The second kappa shape index (κ2) is 7.19. The summed E-state index contributed by atoms with van der Waals surface area (Å²) in [6, 6.07) is 5.23. The Morgan fingerprint density at radius 2 is 1.79 bits per heavy atom. The molecule has 4 N–H and O–H groups in total. The Kier molecular flexibility index (Phi) is 4.92. The average molecular weight is 384 g/mol. The molecule has 146 valence electrons. The van der Waals surface area contributed by atoms with Gasteiger partial charge >= 0.3 is 0 Å². The minimum Gasteiger partial charge on any atom is -0.507 e. The molecule has 0 aliphatic carbocycles. The highest BCUT2D eigenvalue weighted by atomic mass is 16.5. The lowest BCUT2D eigenvalue weighted by atomic mass is 10.0. The summed E-state index contributed by atoms with van der Waals surface area (Å²) >= 11 is 0. The number of phenolic OH excluding ortho intramolecular Hbond substituents is 3. The summed E-state index contributed by atoms with van der Waals surface area (Å²) in [6.45, 7) is 3.77. The van der Waals surface area contributed by atoms with Crippen molar-refractivity contribution in [3.05, 3.63) is 51.7 Å². The fourth-order valence-corrected chi connectivity index (χ4v) is 2.89. The zero-order valence-corrected chi connectivity index (χ0v) is 15.6. The molecule has 3 rings (SSSR count). The molecule has 0 saturated heterocycles. The number of methoxy groups -OCH3 is 1. The molecule has 0 fully saturated rings. The third kappa shape index (κ3) is 3.22. The molecule has 0 aliphatic rings. The van der Waals surface area contributed by atoms with Crippen LogP contribution in [0.2, 0.25) is 0 Å². The average Bonchev–Trinajstić information content (AvgIpc) is 2.64. The summed E-state index contributed by atoms with van der Waals surface area (Å²) < 4.78 is 10.8. The predicted octanol–water partition coefficient (Wildman–Crippen LogP) is 3.80. The van der Waals surface area contributed by atoms with E-state index in [0.717, 1.165) is 11.6 Å². The summed E-state index contributed by atoms with van der Waals surface area (Å²) in [4.78, 5) is 12.7. The fraction of sp³-hybridized carbons (Fsp3) is 0.190. The number of fused-ring (bicyclic) bond motifs is 1. The van der Waals surface area contributed by atoms with E-state index in [0.29, 0.717) is 5.56 Å². The molecule has 0 unspecified atom stereocenters. The van der Waals surface area contributed by atoms with Crippen LogP contribution >= 0.6 is 0 Å². The molecule has 0 bridgehead atoms. The lowest BCUT2D eigenvalue weighted by molar-refractivity contribution is 0.373. The van der Waals surface area contributed by atoms with E-state index in [4.69, 9.17) is 9.15 Å². The van der Waals surface area contributed by atoms with Crippen molar-refractivity contribution in [3.63, 3.8) is 0 Å². The zero-order chi connectivity index (χ0) is 20.6. The first-order valence-electron chi connectivity index (χ1n) is 8.49. The Morgan fingerprint density at radius 1 is 1.07 bits per heavy atom. The number of phenols is 3. The number of allylic oxidation sites excluding steroid dienone is 2. The van der Waals surface area contributed by atoms with E-state index in [1.54, 1.807) is 0 Å². The van der Waals surface area contributed by atoms with Crippen LogP contribution in [0.25, 0.3) is 22.3 Å². The van der Waals surface area contributed by atoms with Crippen LogP contribution in [0.1, 0.15) is 19.4 Å². The highest BCUT2D eigenvalue weighted by molar-refractivity contribution is 5.91. The van der Waals surface area contributed by atoms with Gasteiger partial charge in [0, 0.05) is 17.2 Å². The molecule has 0 spiro atoms. The maximum atomic E-state index is 12.7. The number of hydrogen-bond acceptors (Lipinski definition) is 7. The van der Waals surface area contributed by atoms with Crippen molar-refractivity contribution in [1.82, 2.24) is 0 Å². The molecule has 1 aromatic heterocycles. The number of rotatable bonds is 4. The maximum absolute atomic E-state index is 12.7. The standard InChI is InChI=1S/C21H20O7/c1-10(2)4-6-12-14(23)9-15(24)17-18(25)19(26)20(28-21(12)17)11-5-7-13(22)16(8-11)27-3/h4-5,7-9,22-24,26H,6H2,1-3H3. The summed E-state index contributed by atoms with van der Waals surface area (Å²) in [7, 11) is 1.36. The number of aromatic hydroxyl groups is 4. The van der Waals surface area contributed by atoms with Crippen molar-refractivity contribution < 1.29 is 29.6 Å². The van der Waals surface area contributed by atoms with E-state index in [1.807, 2.05) is 19.9 Å². The van der Waals surface area contributed by atoms with Gasteiger partial charge in [0.15, 0.2) is 17.3 Å². The quantitative estimate of drug-likeness (QED) is 0.505. The molecule has 7 nitrogen and oxygen atoms in total. The Morgan fingerprint density at radius 3 is 2.43 bits per heavy atom. The Labute approximate surface area is 160 Å². The van der Waals surface area contributed by atoms with Crippen molar-refractivity contribution >= 4 is 11.0 Å². The van der Waals surface area contributed by atoms with Crippen LogP contribution in [0.4, 0.5) is 0 Å². The van der Waals surface area contributed by atoms with Gasteiger partial charge in [-0.05, 0) is 38.5 Å². The third-order valence-electron chi connectivity index (χ3n) is 4.36. The van der Waals surface area contributed by atoms with E-state index in [9.17, 15) is 25.2 Å². The second-order valence-corrected chi connectivity index (χ2v) is 6.58. The van der Waals surface area contributed by atoms with E-state index in [2.05, 4.69) is 0 Å². The molecular weight excluding hydrogens is 364 g/mol. The monoisotopic (exact) mass is 384 g/mol. The van der Waals surface area contributed by atoms with Crippen molar-refractivity contribution in [2.45, 2.75) is 20.3 Å². The van der Waals surface area contributed by atoms with Crippen molar-refractivity contribution in [1.29, 1.82) is 0 Å². The van der Waals surface area contributed by atoms with Crippen LogP contribution in [0.5, 0.6) is 28.7 Å². The Balaban J connectivity index is 2.37. The van der Waals surface area contributed by atoms with Gasteiger partial charge in [0.25, 0.3) is 0 Å². The minimum atomic E-state index is -0.834. The van der Waals surface area contributed by atoms with Crippen LogP contribution in [-0.4, -0.2) is 27.5 Å². The van der Waals surface area contributed by atoms with E-state index in [-0.39, 0.29) is 46.0 Å². The van der Waals surface area contributed by atoms with Gasteiger partial charge in [0.05, 0.1) is 7.11 Å². The van der Waals surface area contributed by atoms with Crippen molar-refractivity contribution in [2.24, 2.45) is 0 Å². The van der Waals surface area contributed by atoms with Gasteiger partial charge in [0.2, 0.25) is 11.2 Å². The Hall–Kier alpha value is -3.61. The Bertz CT molecular complexity index is 1150. The minimum absolute atomic E-state index is 0.0279. The fourth-order valence-electron chi connectivity index (χ4n) is 2.89. The SMILES string of the molecule is COc1cc(-c2oc3c(CC=C(C)C)c(O)cc(O)c3c(=O)c2O)ccc1O. The van der Waals surface area contributed by atoms with Gasteiger partial charge in [-0.1, -0.05) is 11.6 Å². The first kappa shape index (κ1) is 19.2. The predicted molar refractivity (Wildman–Crippen MR) is 104 cm³/mol. The molecule has 7 heteroatoms. The molecule has 1 heterocycles. The van der Waals surface area contributed by atoms with Crippen LogP contribution in [0, 0.1) is 0 Å². The molecule has 0 aliphatic heterocycles. The number of hydrogen-bond donors (Lipinski definition) is 4.